The van der Waals surface area contributed by atoms with Crippen LogP contribution in [0.3, 0.4) is 0 Å². The number of halogens is 1. The van der Waals surface area contributed by atoms with Crippen LogP contribution in [0, 0.1) is 10.1 Å². The summed E-state index contributed by atoms with van der Waals surface area (Å²) in [5.74, 6) is 0.00318. The standard InChI is InChI=1S/C13H9ClN2O3/c14-10-5-6-12(16(18)19)9(7-10)8-15-11-3-1-2-4-13(11)17/h1-8,17H. The molecule has 0 radical (unpaired) electrons. The molecule has 0 heterocycles. The third-order valence-corrected chi connectivity index (χ3v) is 2.65. The second-order valence-electron chi connectivity index (χ2n) is 3.71. The van der Waals surface area contributed by atoms with Gasteiger partial charge in [0.05, 0.1) is 10.5 Å². The second-order valence-corrected chi connectivity index (χ2v) is 4.14. The van der Waals surface area contributed by atoms with E-state index < -0.39 is 4.92 Å². The molecule has 19 heavy (non-hydrogen) atoms. The fourth-order valence-corrected chi connectivity index (χ4v) is 1.69. The van der Waals surface area contributed by atoms with E-state index in [1.165, 1.54) is 30.5 Å². The average Bonchev–Trinajstić information content (AvgIpc) is 2.37. The van der Waals surface area contributed by atoms with E-state index in [2.05, 4.69) is 4.99 Å². The average molecular weight is 277 g/mol. The van der Waals surface area contributed by atoms with Crippen molar-refractivity contribution in [1.29, 1.82) is 0 Å². The molecular formula is C13H9ClN2O3. The summed E-state index contributed by atoms with van der Waals surface area (Å²) in [7, 11) is 0. The Kier molecular flexibility index (Phi) is 3.77. The molecule has 5 nitrogen and oxygen atoms in total. The van der Waals surface area contributed by atoms with Crippen molar-refractivity contribution in [3.63, 3.8) is 0 Å². The van der Waals surface area contributed by atoms with Gasteiger partial charge in [0.15, 0.2) is 0 Å². The molecule has 0 saturated heterocycles. The molecule has 0 amide bonds. The monoisotopic (exact) mass is 276 g/mol. The fourth-order valence-electron chi connectivity index (χ4n) is 1.51. The number of rotatable bonds is 3. The van der Waals surface area contributed by atoms with E-state index in [9.17, 15) is 15.2 Å². The Morgan fingerprint density at radius 1 is 1.26 bits per heavy atom. The lowest BCUT2D eigenvalue weighted by atomic mass is 10.2. The van der Waals surface area contributed by atoms with Crippen molar-refractivity contribution >= 4 is 29.2 Å². The normalized spacial score (nSPS) is 10.8. The quantitative estimate of drug-likeness (QED) is 0.527. The van der Waals surface area contributed by atoms with Crippen molar-refractivity contribution in [3.8, 4) is 5.75 Å². The fraction of sp³-hybridized carbons (Fsp3) is 0. The van der Waals surface area contributed by atoms with Crippen molar-refractivity contribution in [2.75, 3.05) is 0 Å². The minimum atomic E-state index is -0.511. The number of phenolic OH excluding ortho intramolecular Hbond substituents is 1. The molecule has 0 aromatic heterocycles. The van der Waals surface area contributed by atoms with Crippen LogP contribution in [-0.2, 0) is 0 Å². The third-order valence-electron chi connectivity index (χ3n) is 2.41. The van der Waals surface area contributed by atoms with Crippen LogP contribution in [0.1, 0.15) is 5.56 Å². The van der Waals surface area contributed by atoms with Crippen molar-refractivity contribution in [3.05, 3.63) is 63.2 Å². The Hall–Kier alpha value is -2.40. The van der Waals surface area contributed by atoms with Crippen LogP contribution in [0.4, 0.5) is 11.4 Å². The smallest absolute Gasteiger partial charge is 0.278 e. The number of phenols is 1. The van der Waals surface area contributed by atoms with Crippen LogP contribution in [0.15, 0.2) is 47.5 Å². The summed E-state index contributed by atoms with van der Waals surface area (Å²) < 4.78 is 0. The Morgan fingerprint density at radius 3 is 2.68 bits per heavy atom. The largest absolute Gasteiger partial charge is 0.506 e. The summed E-state index contributed by atoms with van der Waals surface area (Å²) in [5.41, 5.74) is 0.515. The number of hydrogen-bond donors (Lipinski definition) is 1. The van der Waals surface area contributed by atoms with E-state index in [1.54, 1.807) is 18.2 Å². The van der Waals surface area contributed by atoms with Crippen LogP contribution in [0.2, 0.25) is 5.02 Å². The lowest BCUT2D eigenvalue weighted by Gasteiger charge is -1.99. The topological polar surface area (TPSA) is 75.7 Å². The zero-order valence-corrected chi connectivity index (χ0v) is 10.4. The maximum Gasteiger partial charge on any atom is 0.278 e. The van der Waals surface area contributed by atoms with Gasteiger partial charge in [0.2, 0.25) is 0 Å². The molecule has 0 saturated carbocycles. The molecule has 6 heteroatoms. The first-order valence-electron chi connectivity index (χ1n) is 5.34. The first kappa shape index (κ1) is 13.0. The Morgan fingerprint density at radius 2 is 2.00 bits per heavy atom. The molecule has 0 aliphatic carbocycles. The summed E-state index contributed by atoms with van der Waals surface area (Å²) in [6.45, 7) is 0. The number of benzene rings is 2. The van der Waals surface area contributed by atoms with Gasteiger partial charge in [0.25, 0.3) is 5.69 Å². The summed E-state index contributed by atoms with van der Waals surface area (Å²) in [5, 5.41) is 20.8. The van der Waals surface area contributed by atoms with E-state index >= 15 is 0 Å². The molecular weight excluding hydrogens is 268 g/mol. The molecule has 0 fully saturated rings. The molecule has 96 valence electrons. The Bertz CT molecular complexity index is 656. The Labute approximate surface area is 113 Å². The number of hydrogen-bond acceptors (Lipinski definition) is 4. The third kappa shape index (κ3) is 3.08. The van der Waals surface area contributed by atoms with Crippen molar-refractivity contribution in [2.45, 2.75) is 0 Å². The summed E-state index contributed by atoms with van der Waals surface area (Å²) in [6.07, 6.45) is 1.30. The van der Waals surface area contributed by atoms with E-state index in [4.69, 9.17) is 11.6 Å². The highest BCUT2D eigenvalue weighted by Crippen LogP contribution is 2.26. The zero-order chi connectivity index (χ0) is 13.8. The van der Waals surface area contributed by atoms with E-state index in [0.29, 0.717) is 10.7 Å². The molecule has 1 N–H and O–H groups in total. The first-order valence-corrected chi connectivity index (χ1v) is 5.72. The van der Waals surface area contributed by atoms with Gasteiger partial charge in [0.1, 0.15) is 11.4 Å². The summed E-state index contributed by atoms with van der Waals surface area (Å²) >= 11 is 5.80. The Balaban J connectivity index is 2.41. The van der Waals surface area contributed by atoms with Crippen LogP contribution < -0.4 is 0 Å². The highest BCUT2D eigenvalue weighted by Gasteiger charge is 2.12. The van der Waals surface area contributed by atoms with E-state index in [-0.39, 0.29) is 17.0 Å². The molecule has 2 rings (SSSR count). The van der Waals surface area contributed by atoms with Crippen molar-refractivity contribution in [1.82, 2.24) is 0 Å². The zero-order valence-electron chi connectivity index (χ0n) is 9.65. The number of para-hydroxylation sites is 2. The SMILES string of the molecule is O=[N+]([O-])c1ccc(Cl)cc1C=Nc1ccccc1O. The van der Waals surface area contributed by atoms with Gasteiger partial charge in [-0.25, -0.2) is 0 Å². The van der Waals surface area contributed by atoms with Crippen LogP contribution in [0.5, 0.6) is 5.75 Å². The lowest BCUT2D eigenvalue weighted by molar-refractivity contribution is -0.385. The van der Waals surface area contributed by atoms with Crippen molar-refractivity contribution < 1.29 is 10.0 Å². The molecule has 0 atom stereocenters. The molecule has 0 spiro atoms. The highest BCUT2D eigenvalue weighted by molar-refractivity contribution is 6.31. The molecule has 0 aliphatic rings. The summed E-state index contributed by atoms with van der Waals surface area (Å²) in [4.78, 5) is 14.4. The number of aliphatic imine (C=N–C) groups is 1. The maximum atomic E-state index is 10.9. The van der Waals surface area contributed by atoms with Crippen molar-refractivity contribution in [2.24, 2.45) is 4.99 Å². The maximum absolute atomic E-state index is 10.9. The van der Waals surface area contributed by atoms with E-state index in [0.717, 1.165) is 0 Å². The van der Waals surface area contributed by atoms with Crippen LogP contribution in [-0.4, -0.2) is 16.2 Å². The molecule has 0 unspecified atom stereocenters. The number of nitrogens with zero attached hydrogens (tertiary/aromatic N) is 2. The van der Waals surface area contributed by atoms with Gasteiger partial charge in [-0.2, -0.15) is 0 Å². The predicted molar refractivity (Wildman–Crippen MR) is 73.5 cm³/mol. The van der Waals surface area contributed by atoms with Crippen LogP contribution in [0.25, 0.3) is 0 Å². The van der Waals surface area contributed by atoms with Gasteiger partial charge in [-0.05, 0) is 24.3 Å². The molecule has 0 aliphatic heterocycles. The number of nitro benzene ring substituents is 1. The van der Waals surface area contributed by atoms with E-state index in [1.807, 2.05) is 0 Å². The van der Waals surface area contributed by atoms with Gasteiger partial charge in [-0.1, -0.05) is 23.7 Å². The van der Waals surface area contributed by atoms with Gasteiger partial charge in [-0.3, -0.25) is 15.1 Å². The minimum absolute atomic E-state index is 0.00318. The molecule has 2 aromatic rings. The van der Waals surface area contributed by atoms with Gasteiger partial charge < -0.3 is 5.11 Å². The number of aromatic hydroxyl groups is 1. The van der Waals surface area contributed by atoms with Gasteiger partial charge in [0, 0.05) is 17.3 Å². The predicted octanol–water partition coefficient (Wildman–Crippen LogP) is 3.70. The van der Waals surface area contributed by atoms with Gasteiger partial charge in [-0.15, -0.1) is 0 Å². The first-order chi connectivity index (χ1) is 9.08. The second kappa shape index (κ2) is 5.49. The molecule has 0 bridgehead atoms. The number of nitro groups is 1. The van der Waals surface area contributed by atoms with Gasteiger partial charge >= 0.3 is 0 Å². The highest BCUT2D eigenvalue weighted by atomic mass is 35.5. The lowest BCUT2D eigenvalue weighted by Crippen LogP contribution is -1.94. The molecule has 2 aromatic carbocycles. The van der Waals surface area contributed by atoms with Crippen LogP contribution >= 0.6 is 11.6 Å². The minimum Gasteiger partial charge on any atom is -0.506 e. The summed E-state index contributed by atoms with van der Waals surface area (Å²) in [6, 6.07) is 10.7.